The highest BCUT2D eigenvalue weighted by Crippen LogP contribution is 2.27. The van der Waals surface area contributed by atoms with E-state index >= 15 is 0 Å². The molecular weight excluding hydrogens is 240 g/mol. The van der Waals surface area contributed by atoms with E-state index < -0.39 is 5.97 Å². The number of nitrogens with zero attached hydrogens (tertiary/aromatic N) is 1. The van der Waals surface area contributed by atoms with Gasteiger partial charge in [-0.3, -0.25) is 4.79 Å². The fourth-order valence-electron chi connectivity index (χ4n) is 2.96. The highest BCUT2D eigenvalue weighted by Gasteiger charge is 2.23. The summed E-state index contributed by atoms with van der Waals surface area (Å²) in [5, 5.41) is 12.5. The molecule has 1 rings (SSSR count). The molecule has 2 N–H and O–H groups in total. The summed E-state index contributed by atoms with van der Waals surface area (Å²) in [6.07, 6.45) is 7.09. The smallest absolute Gasteiger partial charge is 0.320 e. The van der Waals surface area contributed by atoms with Crippen LogP contribution in [0.15, 0.2) is 0 Å². The lowest BCUT2D eigenvalue weighted by molar-refractivity contribution is -0.140. The molecule has 112 valence electrons. The van der Waals surface area contributed by atoms with Gasteiger partial charge in [0.2, 0.25) is 0 Å². The van der Waals surface area contributed by atoms with E-state index in [1.54, 1.807) is 0 Å². The van der Waals surface area contributed by atoms with Gasteiger partial charge in [0.25, 0.3) is 0 Å². The summed E-state index contributed by atoms with van der Waals surface area (Å²) >= 11 is 0. The maximum absolute atomic E-state index is 11.3. The van der Waals surface area contributed by atoms with E-state index in [1.165, 1.54) is 32.1 Å². The molecule has 0 aromatic heterocycles. The number of nitrogens with one attached hydrogen (secondary N) is 1. The summed E-state index contributed by atoms with van der Waals surface area (Å²) < 4.78 is 0. The minimum Gasteiger partial charge on any atom is -0.480 e. The molecule has 1 aliphatic carbocycles. The van der Waals surface area contributed by atoms with Gasteiger partial charge in [-0.25, -0.2) is 0 Å². The van der Waals surface area contributed by atoms with Crippen molar-refractivity contribution in [1.82, 2.24) is 10.2 Å². The van der Waals surface area contributed by atoms with Crippen molar-refractivity contribution in [1.29, 1.82) is 0 Å². The Morgan fingerprint density at radius 3 is 2.42 bits per heavy atom. The van der Waals surface area contributed by atoms with Gasteiger partial charge in [-0.05, 0) is 25.4 Å². The van der Waals surface area contributed by atoms with Crippen LogP contribution in [0.25, 0.3) is 0 Å². The molecule has 4 heteroatoms. The van der Waals surface area contributed by atoms with Crippen molar-refractivity contribution in [2.45, 2.75) is 58.4 Å². The zero-order valence-electron chi connectivity index (χ0n) is 12.5. The third kappa shape index (κ3) is 6.39. The summed E-state index contributed by atoms with van der Waals surface area (Å²) in [5.74, 6) is -0.0825. The van der Waals surface area contributed by atoms with Crippen molar-refractivity contribution in [3.63, 3.8) is 0 Å². The minimum atomic E-state index is -0.690. The number of aliphatic carboxylic acids is 1. The molecule has 0 spiro atoms. The van der Waals surface area contributed by atoms with Crippen LogP contribution >= 0.6 is 0 Å². The molecule has 0 aromatic rings. The predicted octanol–water partition coefficient (Wildman–Crippen LogP) is 2.34. The molecule has 0 aromatic carbocycles. The fraction of sp³-hybridized carbons (Fsp3) is 0.933. The predicted molar refractivity (Wildman–Crippen MR) is 78.4 cm³/mol. The molecule has 0 bridgehead atoms. The summed E-state index contributed by atoms with van der Waals surface area (Å²) in [6.45, 7) is 8.03. The van der Waals surface area contributed by atoms with Crippen LogP contribution in [0.4, 0.5) is 0 Å². The molecule has 0 heterocycles. The van der Waals surface area contributed by atoms with Crippen molar-refractivity contribution < 1.29 is 9.90 Å². The highest BCUT2D eigenvalue weighted by molar-refractivity contribution is 5.73. The maximum Gasteiger partial charge on any atom is 0.320 e. The van der Waals surface area contributed by atoms with Crippen molar-refractivity contribution in [2.75, 3.05) is 26.2 Å². The van der Waals surface area contributed by atoms with Crippen molar-refractivity contribution >= 4 is 5.97 Å². The van der Waals surface area contributed by atoms with E-state index in [9.17, 15) is 9.90 Å². The lowest BCUT2D eigenvalue weighted by Gasteiger charge is -2.26. The molecule has 1 aliphatic rings. The molecule has 4 nitrogen and oxygen atoms in total. The van der Waals surface area contributed by atoms with E-state index in [4.69, 9.17) is 0 Å². The third-order valence-electron chi connectivity index (χ3n) is 4.31. The normalized spacial score (nSPS) is 18.7. The van der Waals surface area contributed by atoms with E-state index in [1.807, 2.05) is 0 Å². The molecule has 1 fully saturated rings. The lowest BCUT2D eigenvalue weighted by Crippen LogP contribution is -2.42. The van der Waals surface area contributed by atoms with Gasteiger partial charge in [-0.1, -0.05) is 46.0 Å². The van der Waals surface area contributed by atoms with Gasteiger partial charge in [0.1, 0.15) is 6.04 Å². The van der Waals surface area contributed by atoms with E-state index in [0.717, 1.165) is 32.6 Å². The first-order valence-corrected chi connectivity index (χ1v) is 7.85. The topological polar surface area (TPSA) is 52.6 Å². The minimum absolute atomic E-state index is 0.362. The molecule has 0 saturated heterocycles. The van der Waals surface area contributed by atoms with Crippen LogP contribution in [0.1, 0.15) is 52.4 Å². The van der Waals surface area contributed by atoms with Gasteiger partial charge >= 0.3 is 5.97 Å². The molecular formula is C15H30N2O2. The van der Waals surface area contributed by atoms with Gasteiger partial charge in [0.15, 0.2) is 0 Å². The lowest BCUT2D eigenvalue weighted by atomic mass is 9.85. The summed E-state index contributed by atoms with van der Waals surface area (Å²) in [7, 11) is 0. The molecule has 1 saturated carbocycles. The number of hydrogen-bond donors (Lipinski definition) is 2. The van der Waals surface area contributed by atoms with Crippen LogP contribution in [0, 0.1) is 5.92 Å². The van der Waals surface area contributed by atoms with Gasteiger partial charge in [0, 0.05) is 13.1 Å². The van der Waals surface area contributed by atoms with Crippen LogP contribution in [0.3, 0.4) is 0 Å². The van der Waals surface area contributed by atoms with Crippen molar-refractivity contribution in [3.05, 3.63) is 0 Å². The summed E-state index contributed by atoms with van der Waals surface area (Å²) in [5.41, 5.74) is 0. The van der Waals surface area contributed by atoms with E-state index in [-0.39, 0.29) is 6.04 Å². The average Bonchev–Trinajstić information content (AvgIpc) is 2.43. The van der Waals surface area contributed by atoms with Gasteiger partial charge in [-0.2, -0.15) is 0 Å². The fourth-order valence-corrected chi connectivity index (χ4v) is 2.96. The zero-order valence-corrected chi connectivity index (χ0v) is 12.5. The SMILES string of the molecule is CCN(CC)CCNC(CC1CCCCC1)C(=O)O. The van der Waals surface area contributed by atoms with E-state index in [2.05, 4.69) is 24.1 Å². The largest absolute Gasteiger partial charge is 0.480 e. The number of carbonyl (C=O) groups is 1. The number of rotatable bonds is 9. The summed E-state index contributed by atoms with van der Waals surface area (Å²) in [6, 6.07) is -0.362. The Bertz CT molecular complexity index is 249. The Hall–Kier alpha value is -0.610. The van der Waals surface area contributed by atoms with Crippen LogP contribution in [0.2, 0.25) is 0 Å². The zero-order chi connectivity index (χ0) is 14.1. The molecule has 0 amide bonds. The molecule has 0 radical (unpaired) electrons. The second kappa shape index (κ2) is 9.32. The first-order chi connectivity index (χ1) is 9.17. The highest BCUT2D eigenvalue weighted by atomic mass is 16.4. The van der Waals surface area contributed by atoms with Crippen molar-refractivity contribution in [2.24, 2.45) is 5.92 Å². The molecule has 1 unspecified atom stereocenters. The van der Waals surface area contributed by atoms with Gasteiger partial charge in [-0.15, -0.1) is 0 Å². The second-order valence-corrected chi connectivity index (χ2v) is 5.61. The monoisotopic (exact) mass is 270 g/mol. The van der Waals surface area contributed by atoms with Gasteiger partial charge < -0.3 is 15.3 Å². The number of carboxylic acids is 1. The number of carboxylic acid groups (broad SMARTS) is 1. The van der Waals surface area contributed by atoms with Crippen LogP contribution < -0.4 is 5.32 Å². The quantitative estimate of drug-likeness (QED) is 0.675. The number of likely N-dealkylation sites (N-methyl/N-ethyl adjacent to an activating group) is 1. The average molecular weight is 270 g/mol. The first kappa shape index (κ1) is 16.4. The standard InChI is InChI=1S/C15H30N2O2/c1-3-17(4-2)11-10-16-14(15(18)19)12-13-8-6-5-7-9-13/h13-14,16H,3-12H2,1-2H3,(H,18,19). The second-order valence-electron chi connectivity index (χ2n) is 5.61. The maximum atomic E-state index is 11.3. The Kier molecular flexibility index (Phi) is 8.07. The third-order valence-corrected chi connectivity index (χ3v) is 4.31. The Morgan fingerprint density at radius 2 is 1.89 bits per heavy atom. The van der Waals surface area contributed by atoms with Crippen LogP contribution in [0.5, 0.6) is 0 Å². The van der Waals surface area contributed by atoms with Crippen LogP contribution in [-0.2, 0) is 4.79 Å². The van der Waals surface area contributed by atoms with E-state index in [0.29, 0.717) is 5.92 Å². The first-order valence-electron chi connectivity index (χ1n) is 7.85. The van der Waals surface area contributed by atoms with Crippen LogP contribution in [-0.4, -0.2) is 48.2 Å². The van der Waals surface area contributed by atoms with Gasteiger partial charge in [0.05, 0.1) is 0 Å². The Morgan fingerprint density at radius 1 is 1.26 bits per heavy atom. The Balaban J connectivity index is 2.29. The molecule has 19 heavy (non-hydrogen) atoms. The van der Waals surface area contributed by atoms with Crippen molar-refractivity contribution in [3.8, 4) is 0 Å². The number of hydrogen-bond acceptors (Lipinski definition) is 3. The molecule has 1 atom stereocenters. The summed E-state index contributed by atoms with van der Waals surface area (Å²) in [4.78, 5) is 13.6. The Labute approximate surface area is 117 Å². The molecule has 0 aliphatic heterocycles.